The van der Waals surface area contributed by atoms with E-state index in [2.05, 4.69) is 15.3 Å². The molecule has 0 radical (unpaired) electrons. The van der Waals surface area contributed by atoms with Gasteiger partial charge in [-0.15, -0.1) is 0 Å². The number of carbonyl (C=O) groups excluding carboxylic acids is 1. The van der Waals surface area contributed by atoms with E-state index in [1.165, 1.54) is 26.1 Å². The third-order valence-electron chi connectivity index (χ3n) is 3.96. The summed E-state index contributed by atoms with van der Waals surface area (Å²) in [6.07, 6.45) is -4.03. The summed E-state index contributed by atoms with van der Waals surface area (Å²) in [5, 5.41) is 11.7. The van der Waals surface area contributed by atoms with Crippen LogP contribution in [0.25, 0.3) is 0 Å². The predicted molar refractivity (Wildman–Crippen MR) is 81.6 cm³/mol. The van der Waals surface area contributed by atoms with Crippen LogP contribution in [0.3, 0.4) is 0 Å². The molecule has 2 heterocycles. The second-order valence-corrected chi connectivity index (χ2v) is 6.17. The maximum atomic E-state index is 12.7. The third-order valence-corrected chi connectivity index (χ3v) is 3.96. The van der Waals surface area contributed by atoms with Crippen LogP contribution >= 0.6 is 0 Å². The van der Waals surface area contributed by atoms with Crippen LogP contribution in [0, 0.1) is 5.92 Å². The number of alkyl halides is 3. The van der Waals surface area contributed by atoms with E-state index in [1.807, 2.05) is 4.90 Å². The van der Waals surface area contributed by atoms with Crippen LogP contribution in [0.1, 0.15) is 37.2 Å². The highest BCUT2D eigenvalue weighted by atomic mass is 19.4. The molecule has 24 heavy (non-hydrogen) atoms. The number of anilines is 1. The van der Waals surface area contributed by atoms with Crippen molar-refractivity contribution in [3.05, 3.63) is 18.0 Å². The van der Waals surface area contributed by atoms with Gasteiger partial charge in [0.25, 0.3) is 5.91 Å². The van der Waals surface area contributed by atoms with Crippen molar-refractivity contribution in [3.8, 4) is 0 Å². The first-order valence-corrected chi connectivity index (χ1v) is 7.84. The minimum Gasteiger partial charge on any atom is -0.382 e. The summed E-state index contributed by atoms with van der Waals surface area (Å²) >= 11 is 0. The number of amides is 1. The summed E-state index contributed by atoms with van der Waals surface area (Å²) in [4.78, 5) is 22.4. The van der Waals surface area contributed by atoms with Gasteiger partial charge in [-0.25, -0.2) is 9.97 Å². The highest BCUT2D eigenvalue weighted by Gasteiger charge is 2.45. The number of hydrogen-bond donors (Lipinski definition) is 2. The zero-order valence-corrected chi connectivity index (χ0v) is 13.5. The first-order chi connectivity index (χ1) is 11.2. The minimum atomic E-state index is -4.81. The maximum Gasteiger partial charge on any atom is 0.416 e. The molecule has 2 rings (SSSR count). The topological polar surface area (TPSA) is 78.4 Å². The van der Waals surface area contributed by atoms with E-state index < -0.39 is 30.1 Å². The van der Waals surface area contributed by atoms with E-state index in [9.17, 15) is 23.1 Å². The zero-order chi connectivity index (χ0) is 17.9. The van der Waals surface area contributed by atoms with Crippen LogP contribution in [0.15, 0.2) is 12.3 Å². The molecule has 6 nitrogen and oxygen atoms in total. The number of carbonyl (C=O) groups is 1. The van der Waals surface area contributed by atoms with Gasteiger partial charge in [0.05, 0.1) is 6.04 Å². The monoisotopic (exact) mass is 346 g/mol. The molecule has 2 N–H and O–H groups in total. The Morgan fingerprint density at radius 1 is 1.33 bits per heavy atom. The quantitative estimate of drug-likeness (QED) is 0.849. The van der Waals surface area contributed by atoms with E-state index in [0.29, 0.717) is 5.95 Å². The molecule has 1 aromatic heterocycles. The normalized spacial score (nSPS) is 17.9. The molecule has 134 valence electrons. The number of aliphatic hydroxyl groups excluding tert-OH is 1. The van der Waals surface area contributed by atoms with Gasteiger partial charge >= 0.3 is 6.18 Å². The molecule has 9 heteroatoms. The largest absolute Gasteiger partial charge is 0.416 e. The number of aliphatic hydroxyl groups is 1. The Morgan fingerprint density at radius 2 is 1.96 bits per heavy atom. The highest BCUT2D eigenvalue weighted by Crippen LogP contribution is 2.25. The van der Waals surface area contributed by atoms with E-state index in [1.54, 1.807) is 0 Å². The van der Waals surface area contributed by atoms with Crippen molar-refractivity contribution < 1.29 is 23.1 Å². The zero-order valence-electron chi connectivity index (χ0n) is 13.5. The molecular weight excluding hydrogens is 325 g/mol. The van der Waals surface area contributed by atoms with Gasteiger partial charge in [-0.1, -0.05) is 13.8 Å². The number of nitrogens with zero attached hydrogens (tertiary/aromatic N) is 3. The Bertz CT molecular complexity index is 574. The molecule has 1 saturated heterocycles. The fraction of sp³-hybridized carbons (Fsp3) is 0.667. The summed E-state index contributed by atoms with van der Waals surface area (Å²) in [6, 6.07) is -0.116. The molecule has 0 aromatic carbocycles. The van der Waals surface area contributed by atoms with Crippen LogP contribution in [0.4, 0.5) is 19.1 Å². The molecule has 0 unspecified atom stereocenters. The van der Waals surface area contributed by atoms with Crippen LogP contribution in [-0.4, -0.2) is 52.4 Å². The summed E-state index contributed by atoms with van der Waals surface area (Å²) in [7, 11) is 0. The number of halogens is 3. The van der Waals surface area contributed by atoms with E-state index >= 15 is 0 Å². The maximum absolute atomic E-state index is 12.7. The van der Waals surface area contributed by atoms with Crippen molar-refractivity contribution in [2.75, 3.05) is 18.0 Å². The summed E-state index contributed by atoms with van der Waals surface area (Å²) < 4.78 is 38.2. The van der Waals surface area contributed by atoms with Gasteiger partial charge in [0.2, 0.25) is 5.95 Å². The Kier molecular flexibility index (Phi) is 5.63. The van der Waals surface area contributed by atoms with Crippen molar-refractivity contribution >= 4 is 11.9 Å². The van der Waals surface area contributed by atoms with Crippen molar-refractivity contribution in [2.45, 2.75) is 45.0 Å². The van der Waals surface area contributed by atoms with Gasteiger partial charge in [-0.3, -0.25) is 4.79 Å². The van der Waals surface area contributed by atoms with Crippen LogP contribution in [0.5, 0.6) is 0 Å². The van der Waals surface area contributed by atoms with Gasteiger partial charge < -0.3 is 15.3 Å². The van der Waals surface area contributed by atoms with Gasteiger partial charge in [-0.05, 0) is 24.8 Å². The summed E-state index contributed by atoms with van der Waals surface area (Å²) in [6.45, 7) is 4.56. The number of aromatic nitrogens is 2. The predicted octanol–water partition coefficient (Wildman–Crippen LogP) is 1.75. The standard InChI is InChI=1S/C15H21F3N4O2/c1-9(2)11(12(23)15(16,17)18)21-13(24)10-5-6-19-14(20-10)22-7-3-4-8-22/h5-6,9,11-12,23H,3-4,7-8H2,1-2H3,(H,21,24)/t11-,12-/m0/s1. The number of rotatable bonds is 5. The molecule has 0 spiro atoms. The highest BCUT2D eigenvalue weighted by molar-refractivity contribution is 5.92. The second kappa shape index (κ2) is 7.33. The van der Waals surface area contributed by atoms with Crippen molar-refractivity contribution in [3.63, 3.8) is 0 Å². The van der Waals surface area contributed by atoms with Gasteiger partial charge in [0.15, 0.2) is 6.10 Å². The van der Waals surface area contributed by atoms with Crippen molar-refractivity contribution in [2.24, 2.45) is 5.92 Å². The molecule has 2 atom stereocenters. The molecule has 1 aliphatic rings. The van der Waals surface area contributed by atoms with Crippen LogP contribution in [0.2, 0.25) is 0 Å². The van der Waals surface area contributed by atoms with Crippen molar-refractivity contribution in [1.82, 2.24) is 15.3 Å². The molecular formula is C15H21F3N4O2. The summed E-state index contributed by atoms with van der Waals surface area (Å²) in [5.74, 6) is -0.983. The van der Waals surface area contributed by atoms with Crippen molar-refractivity contribution in [1.29, 1.82) is 0 Å². The van der Waals surface area contributed by atoms with E-state index in [4.69, 9.17) is 0 Å². The van der Waals surface area contributed by atoms with Crippen LogP contribution in [-0.2, 0) is 0 Å². The number of hydrogen-bond acceptors (Lipinski definition) is 5. The van der Waals surface area contributed by atoms with E-state index in [0.717, 1.165) is 25.9 Å². The van der Waals surface area contributed by atoms with E-state index in [-0.39, 0.29) is 5.69 Å². The smallest absolute Gasteiger partial charge is 0.382 e. The number of nitrogens with one attached hydrogen (secondary N) is 1. The molecule has 1 amide bonds. The first kappa shape index (κ1) is 18.4. The fourth-order valence-corrected chi connectivity index (χ4v) is 2.58. The molecule has 0 saturated carbocycles. The Morgan fingerprint density at radius 3 is 2.50 bits per heavy atom. The average molecular weight is 346 g/mol. The first-order valence-electron chi connectivity index (χ1n) is 7.84. The minimum absolute atomic E-state index is 0.0214. The van der Waals surface area contributed by atoms with Crippen LogP contribution < -0.4 is 10.2 Å². The lowest BCUT2D eigenvalue weighted by Crippen LogP contribution is -2.52. The average Bonchev–Trinajstić information content (AvgIpc) is 3.05. The van der Waals surface area contributed by atoms with Gasteiger partial charge in [0.1, 0.15) is 5.69 Å². The third kappa shape index (κ3) is 4.34. The molecule has 1 aromatic rings. The molecule has 1 fully saturated rings. The molecule has 1 aliphatic heterocycles. The molecule has 0 bridgehead atoms. The lowest BCUT2D eigenvalue weighted by atomic mass is 9.98. The Labute approximate surface area is 138 Å². The van der Waals surface area contributed by atoms with Gasteiger partial charge in [0, 0.05) is 19.3 Å². The fourth-order valence-electron chi connectivity index (χ4n) is 2.58. The Balaban J connectivity index is 2.13. The Hall–Kier alpha value is -1.90. The summed E-state index contributed by atoms with van der Waals surface area (Å²) in [5.41, 5.74) is -0.0214. The lowest BCUT2D eigenvalue weighted by molar-refractivity contribution is -0.214. The second-order valence-electron chi connectivity index (χ2n) is 6.17. The molecule has 0 aliphatic carbocycles. The SMILES string of the molecule is CC(C)[C@H](NC(=O)c1ccnc(N2CCCC2)n1)[C@H](O)C(F)(F)F. The van der Waals surface area contributed by atoms with Gasteiger partial charge in [-0.2, -0.15) is 13.2 Å². The lowest BCUT2D eigenvalue weighted by Gasteiger charge is -2.28.